The Labute approximate surface area is 121 Å². The molecule has 2 N–H and O–H groups in total. The second-order valence-corrected chi connectivity index (χ2v) is 5.25. The number of benzene rings is 1. The molecule has 1 aliphatic carbocycles. The summed E-state index contributed by atoms with van der Waals surface area (Å²) in [5, 5.41) is 11.9. The SMILES string of the molecule is O=C(NC1CCC(C(=O)O)C1)c1cccc2nccnc12. The van der Waals surface area contributed by atoms with E-state index in [-0.39, 0.29) is 17.9 Å². The van der Waals surface area contributed by atoms with Gasteiger partial charge in [-0.3, -0.25) is 19.6 Å². The number of amides is 1. The average Bonchev–Trinajstić information content (AvgIpc) is 2.95. The van der Waals surface area contributed by atoms with Crippen molar-refractivity contribution < 1.29 is 14.7 Å². The van der Waals surface area contributed by atoms with Gasteiger partial charge in [-0.15, -0.1) is 0 Å². The molecule has 108 valence electrons. The molecule has 2 aromatic rings. The highest BCUT2D eigenvalue weighted by molar-refractivity contribution is 6.04. The molecule has 2 atom stereocenters. The Bertz CT molecular complexity index is 696. The first kappa shape index (κ1) is 13.5. The maximum Gasteiger partial charge on any atom is 0.306 e. The van der Waals surface area contributed by atoms with Crippen molar-refractivity contribution in [3.63, 3.8) is 0 Å². The number of fused-ring (bicyclic) bond motifs is 1. The number of rotatable bonds is 3. The molecule has 21 heavy (non-hydrogen) atoms. The van der Waals surface area contributed by atoms with Gasteiger partial charge in [0.15, 0.2) is 0 Å². The number of para-hydroxylation sites is 1. The molecule has 1 aromatic heterocycles. The third kappa shape index (κ3) is 2.69. The number of carboxylic acid groups (broad SMARTS) is 1. The maximum absolute atomic E-state index is 12.4. The zero-order chi connectivity index (χ0) is 14.8. The maximum atomic E-state index is 12.4. The van der Waals surface area contributed by atoms with Gasteiger partial charge in [0, 0.05) is 18.4 Å². The molecule has 0 radical (unpaired) electrons. The predicted octanol–water partition coefficient (Wildman–Crippen LogP) is 1.61. The van der Waals surface area contributed by atoms with Gasteiger partial charge in [0.2, 0.25) is 0 Å². The fourth-order valence-electron chi connectivity index (χ4n) is 2.78. The summed E-state index contributed by atoms with van der Waals surface area (Å²) in [6.07, 6.45) is 4.92. The summed E-state index contributed by atoms with van der Waals surface area (Å²) in [7, 11) is 0. The van der Waals surface area contributed by atoms with E-state index in [0.717, 1.165) is 0 Å². The van der Waals surface area contributed by atoms with Gasteiger partial charge >= 0.3 is 5.97 Å². The summed E-state index contributed by atoms with van der Waals surface area (Å²) >= 11 is 0. The first-order valence-corrected chi connectivity index (χ1v) is 6.88. The Hall–Kier alpha value is -2.50. The quantitative estimate of drug-likeness (QED) is 0.893. The number of carbonyl (C=O) groups is 2. The number of hydrogen-bond acceptors (Lipinski definition) is 4. The van der Waals surface area contributed by atoms with Gasteiger partial charge in [-0.1, -0.05) is 6.07 Å². The van der Waals surface area contributed by atoms with E-state index in [0.29, 0.717) is 35.9 Å². The molecular weight excluding hydrogens is 270 g/mol. The van der Waals surface area contributed by atoms with Crippen molar-refractivity contribution in [2.45, 2.75) is 25.3 Å². The van der Waals surface area contributed by atoms with Crippen LogP contribution in [0.2, 0.25) is 0 Å². The number of carboxylic acids is 1. The normalized spacial score (nSPS) is 21.3. The monoisotopic (exact) mass is 285 g/mol. The zero-order valence-corrected chi connectivity index (χ0v) is 11.3. The summed E-state index contributed by atoms with van der Waals surface area (Å²) in [6.45, 7) is 0. The Morgan fingerprint density at radius 2 is 2.00 bits per heavy atom. The van der Waals surface area contributed by atoms with E-state index < -0.39 is 5.97 Å². The van der Waals surface area contributed by atoms with Gasteiger partial charge in [0.05, 0.1) is 17.0 Å². The Kier molecular flexibility index (Phi) is 3.51. The van der Waals surface area contributed by atoms with Gasteiger partial charge in [-0.25, -0.2) is 0 Å². The molecule has 6 nitrogen and oxygen atoms in total. The topological polar surface area (TPSA) is 92.2 Å². The van der Waals surface area contributed by atoms with Crippen LogP contribution >= 0.6 is 0 Å². The van der Waals surface area contributed by atoms with Crippen molar-refractivity contribution in [3.8, 4) is 0 Å². The fraction of sp³-hybridized carbons (Fsp3) is 0.333. The highest BCUT2D eigenvalue weighted by Gasteiger charge is 2.30. The van der Waals surface area contributed by atoms with Crippen LogP contribution in [0.4, 0.5) is 0 Å². The van der Waals surface area contributed by atoms with Gasteiger partial charge in [0.1, 0.15) is 5.52 Å². The van der Waals surface area contributed by atoms with Crippen molar-refractivity contribution in [3.05, 3.63) is 36.2 Å². The Morgan fingerprint density at radius 1 is 1.19 bits per heavy atom. The van der Waals surface area contributed by atoms with Crippen LogP contribution in [-0.4, -0.2) is 33.0 Å². The van der Waals surface area contributed by atoms with E-state index in [9.17, 15) is 9.59 Å². The standard InChI is InChI=1S/C15H15N3O3/c19-14(18-10-5-4-9(8-10)15(20)21)11-2-1-3-12-13(11)17-7-6-16-12/h1-3,6-7,9-10H,4-5,8H2,(H,18,19)(H,20,21). The summed E-state index contributed by atoms with van der Waals surface area (Å²) < 4.78 is 0. The highest BCUT2D eigenvalue weighted by atomic mass is 16.4. The van der Waals surface area contributed by atoms with Gasteiger partial charge in [0.25, 0.3) is 5.91 Å². The van der Waals surface area contributed by atoms with Gasteiger partial charge in [-0.2, -0.15) is 0 Å². The van der Waals surface area contributed by atoms with Crippen LogP contribution in [0.3, 0.4) is 0 Å². The molecule has 1 fully saturated rings. The van der Waals surface area contributed by atoms with Crippen LogP contribution in [0.1, 0.15) is 29.6 Å². The number of aromatic nitrogens is 2. The van der Waals surface area contributed by atoms with Gasteiger partial charge in [-0.05, 0) is 31.4 Å². The van der Waals surface area contributed by atoms with Crippen LogP contribution < -0.4 is 5.32 Å². The van der Waals surface area contributed by atoms with E-state index in [1.165, 1.54) is 0 Å². The molecule has 1 heterocycles. The molecule has 1 saturated carbocycles. The lowest BCUT2D eigenvalue weighted by Gasteiger charge is -2.13. The smallest absolute Gasteiger partial charge is 0.306 e. The van der Waals surface area contributed by atoms with Crippen LogP contribution in [0.15, 0.2) is 30.6 Å². The van der Waals surface area contributed by atoms with E-state index in [4.69, 9.17) is 5.11 Å². The minimum absolute atomic E-state index is 0.0921. The lowest BCUT2D eigenvalue weighted by Crippen LogP contribution is -2.33. The summed E-state index contributed by atoms with van der Waals surface area (Å²) in [5.41, 5.74) is 1.70. The molecule has 0 bridgehead atoms. The molecule has 6 heteroatoms. The third-order valence-corrected chi connectivity index (χ3v) is 3.86. The Morgan fingerprint density at radius 3 is 2.76 bits per heavy atom. The molecular formula is C15H15N3O3. The molecule has 1 aliphatic rings. The molecule has 1 aromatic carbocycles. The number of aliphatic carboxylic acids is 1. The van der Waals surface area contributed by atoms with Crippen molar-refractivity contribution in [1.82, 2.24) is 15.3 Å². The number of carbonyl (C=O) groups excluding carboxylic acids is 1. The van der Waals surface area contributed by atoms with Crippen LogP contribution in [0.25, 0.3) is 11.0 Å². The molecule has 0 saturated heterocycles. The van der Waals surface area contributed by atoms with Crippen molar-refractivity contribution in [2.75, 3.05) is 0 Å². The lowest BCUT2D eigenvalue weighted by atomic mass is 10.1. The summed E-state index contributed by atoms with van der Waals surface area (Å²) in [5.74, 6) is -1.37. The molecule has 1 amide bonds. The zero-order valence-electron chi connectivity index (χ0n) is 11.3. The van der Waals surface area contributed by atoms with Crippen LogP contribution in [0.5, 0.6) is 0 Å². The summed E-state index contributed by atoms with van der Waals surface area (Å²) in [4.78, 5) is 31.7. The second kappa shape index (κ2) is 5.47. The molecule has 2 unspecified atom stereocenters. The fourth-order valence-corrected chi connectivity index (χ4v) is 2.78. The Balaban J connectivity index is 1.78. The van der Waals surface area contributed by atoms with E-state index >= 15 is 0 Å². The first-order valence-electron chi connectivity index (χ1n) is 6.88. The van der Waals surface area contributed by atoms with Crippen molar-refractivity contribution >= 4 is 22.9 Å². The third-order valence-electron chi connectivity index (χ3n) is 3.86. The van der Waals surface area contributed by atoms with Crippen LogP contribution in [0, 0.1) is 5.92 Å². The molecule has 0 aliphatic heterocycles. The molecule has 0 spiro atoms. The van der Waals surface area contributed by atoms with E-state index in [2.05, 4.69) is 15.3 Å². The second-order valence-electron chi connectivity index (χ2n) is 5.25. The largest absolute Gasteiger partial charge is 0.481 e. The number of hydrogen-bond donors (Lipinski definition) is 2. The van der Waals surface area contributed by atoms with Gasteiger partial charge < -0.3 is 10.4 Å². The van der Waals surface area contributed by atoms with Crippen molar-refractivity contribution in [1.29, 1.82) is 0 Å². The minimum atomic E-state index is -0.789. The summed E-state index contributed by atoms with van der Waals surface area (Å²) in [6, 6.07) is 5.18. The number of nitrogens with one attached hydrogen (secondary N) is 1. The highest BCUT2D eigenvalue weighted by Crippen LogP contribution is 2.26. The van der Waals surface area contributed by atoms with E-state index in [1.54, 1.807) is 30.6 Å². The lowest BCUT2D eigenvalue weighted by molar-refractivity contribution is -0.141. The number of nitrogens with zero attached hydrogens (tertiary/aromatic N) is 2. The first-order chi connectivity index (χ1) is 10.1. The predicted molar refractivity (Wildman–Crippen MR) is 75.8 cm³/mol. The van der Waals surface area contributed by atoms with Crippen LogP contribution in [-0.2, 0) is 4.79 Å². The van der Waals surface area contributed by atoms with E-state index in [1.807, 2.05) is 0 Å². The molecule has 3 rings (SSSR count). The van der Waals surface area contributed by atoms with Crippen molar-refractivity contribution in [2.24, 2.45) is 5.92 Å². The average molecular weight is 285 g/mol. The minimum Gasteiger partial charge on any atom is -0.481 e.